The molecule has 0 bridgehead atoms. The predicted octanol–water partition coefficient (Wildman–Crippen LogP) is 4.13. The van der Waals surface area contributed by atoms with E-state index >= 15 is 0 Å². The smallest absolute Gasteiger partial charge is 0.120 e. The number of halogens is 1. The zero-order valence-electron chi connectivity index (χ0n) is 11.8. The maximum Gasteiger partial charge on any atom is 0.120 e. The number of hydrogen-bond acceptors (Lipinski definition) is 2. The van der Waals surface area contributed by atoms with Gasteiger partial charge in [0.1, 0.15) is 12.7 Å². The summed E-state index contributed by atoms with van der Waals surface area (Å²) >= 11 is 6.04. The molecule has 2 aromatic carbocycles. The summed E-state index contributed by atoms with van der Waals surface area (Å²) in [7, 11) is 0. The molecule has 106 valence electrons. The molecular weight excluding hydrogens is 282 g/mol. The first-order chi connectivity index (χ1) is 10.3. The van der Waals surface area contributed by atoms with E-state index in [9.17, 15) is 0 Å². The molecule has 0 aliphatic heterocycles. The van der Waals surface area contributed by atoms with Gasteiger partial charge in [-0.05, 0) is 29.7 Å². The molecular formula is C17H16ClN3. The van der Waals surface area contributed by atoms with Crippen LogP contribution in [-0.2, 0) is 5.54 Å². The van der Waals surface area contributed by atoms with Gasteiger partial charge in [0, 0.05) is 5.02 Å². The van der Waals surface area contributed by atoms with Gasteiger partial charge in [-0.15, -0.1) is 10.2 Å². The zero-order valence-corrected chi connectivity index (χ0v) is 12.5. The van der Waals surface area contributed by atoms with Crippen LogP contribution in [0.15, 0.2) is 67.3 Å². The van der Waals surface area contributed by atoms with Crippen LogP contribution < -0.4 is 0 Å². The molecule has 3 nitrogen and oxygen atoms in total. The molecule has 21 heavy (non-hydrogen) atoms. The summed E-state index contributed by atoms with van der Waals surface area (Å²) in [4.78, 5) is 0. The molecule has 1 heterocycles. The van der Waals surface area contributed by atoms with Gasteiger partial charge in [-0.3, -0.25) is 0 Å². The molecule has 0 saturated carbocycles. The van der Waals surface area contributed by atoms with Gasteiger partial charge >= 0.3 is 0 Å². The normalized spacial score (nSPS) is 13.8. The highest BCUT2D eigenvalue weighted by Gasteiger charge is 2.34. The third kappa shape index (κ3) is 2.34. The Morgan fingerprint density at radius 1 is 0.905 bits per heavy atom. The van der Waals surface area contributed by atoms with Crippen molar-refractivity contribution >= 4 is 11.6 Å². The topological polar surface area (TPSA) is 30.7 Å². The minimum absolute atomic E-state index is 0.324. The van der Waals surface area contributed by atoms with E-state index in [1.807, 2.05) is 18.2 Å². The fourth-order valence-electron chi connectivity index (χ4n) is 2.89. The minimum Gasteiger partial charge on any atom is -0.306 e. The monoisotopic (exact) mass is 297 g/mol. The molecule has 0 amide bonds. The van der Waals surface area contributed by atoms with Gasteiger partial charge in [-0.1, -0.05) is 61.0 Å². The Bertz CT molecular complexity index is 693. The van der Waals surface area contributed by atoms with E-state index < -0.39 is 0 Å². The number of rotatable bonds is 4. The second-order valence-electron chi connectivity index (χ2n) is 4.96. The van der Waals surface area contributed by atoms with Crippen molar-refractivity contribution in [3.05, 3.63) is 83.4 Å². The molecule has 0 spiro atoms. The lowest BCUT2D eigenvalue weighted by Crippen LogP contribution is -2.34. The summed E-state index contributed by atoms with van der Waals surface area (Å²) in [5, 5.41) is 8.72. The molecule has 0 saturated heterocycles. The SMILES string of the molecule is CCC(c1ccccc1)(c1ccc(Cl)cc1)n1cnnc1. The van der Waals surface area contributed by atoms with Crippen LogP contribution >= 0.6 is 11.6 Å². The van der Waals surface area contributed by atoms with E-state index in [2.05, 4.69) is 58.1 Å². The van der Waals surface area contributed by atoms with Crippen molar-refractivity contribution in [3.63, 3.8) is 0 Å². The largest absolute Gasteiger partial charge is 0.306 e. The molecule has 3 aromatic rings. The number of aromatic nitrogens is 3. The van der Waals surface area contributed by atoms with Gasteiger partial charge < -0.3 is 4.57 Å². The molecule has 0 N–H and O–H groups in total. The van der Waals surface area contributed by atoms with Crippen molar-refractivity contribution in [2.45, 2.75) is 18.9 Å². The van der Waals surface area contributed by atoms with Gasteiger partial charge in [0.25, 0.3) is 0 Å². The first-order valence-electron chi connectivity index (χ1n) is 6.94. The van der Waals surface area contributed by atoms with Crippen LogP contribution in [-0.4, -0.2) is 14.8 Å². The quantitative estimate of drug-likeness (QED) is 0.725. The highest BCUT2D eigenvalue weighted by molar-refractivity contribution is 6.30. The lowest BCUT2D eigenvalue weighted by atomic mass is 9.80. The molecule has 0 aliphatic carbocycles. The Labute approximate surface area is 129 Å². The molecule has 1 atom stereocenters. The summed E-state index contributed by atoms with van der Waals surface area (Å²) in [5.41, 5.74) is 2.05. The average Bonchev–Trinajstić information content (AvgIpc) is 3.06. The van der Waals surface area contributed by atoms with Crippen LogP contribution in [0.4, 0.5) is 0 Å². The maximum absolute atomic E-state index is 6.04. The Morgan fingerprint density at radius 2 is 1.48 bits per heavy atom. The van der Waals surface area contributed by atoms with Crippen molar-refractivity contribution in [2.75, 3.05) is 0 Å². The van der Waals surface area contributed by atoms with E-state index in [-0.39, 0.29) is 5.54 Å². The van der Waals surface area contributed by atoms with E-state index in [1.54, 1.807) is 12.7 Å². The summed E-state index contributed by atoms with van der Waals surface area (Å²) in [6, 6.07) is 18.4. The first-order valence-corrected chi connectivity index (χ1v) is 7.32. The fraction of sp³-hybridized carbons (Fsp3) is 0.176. The van der Waals surface area contributed by atoms with Crippen LogP contribution in [0.3, 0.4) is 0 Å². The molecule has 1 unspecified atom stereocenters. The van der Waals surface area contributed by atoms with Gasteiger partial charge in [-0.25, -0.2) is 0 Å². The Balaban J connectivity index is 2.26. The number of nitrogens with zero attached hydrogens (tertiary/aromatic N) is 3. The van der Waals surface area contributed by atoms with E-state index in [4.69, 9.17) is 11.6 Å². The van der Waals surface area contributed by atoms with E-state index in [0.717, 1.165) is 11.4 Å². The van der Waals surface area contributed by atoms with Gasteiger partial charge in [-0.2, -0.15) is 0 Å². The van der Waals surface area contributed by atoms with Crippen LogP contribution in [0, 0.1) is 0 Å². The highest BCUT2D eigenvalue weighted by atomic mass is 35.5. The lowest BCUT2D eigenvalue weighted by molar-refractivity contribution is 0.414. The van der Waals surface area contributed by atoms with Crippen LogP contribution in [0.25, 0.3) is 0 Å². The third-order valence-corrected chi connectivity index (χ3v) is 4.20. The van der Waals surface area contributed by atoms with E-state index in [1.165, 1.54) is 11.1 Å². The zero-order chi connectivity index (χ0) is 14.7. The van der Waals surface area contributed by atoms with Crippen molar-refractivity contribution in [2.24, 2.45) is 0 Å². The summed E-state index contributed by atoms with van der Waals surface area (Å²) < 4.78 is 2.06. The summed E-state index contributed by atoms with van der Waals surface area (Å²) in [6.07, 6.45) is 4.42. The minimum atomic E-state index is -0.324. The van der Waals surface area contributed by atoms with E-state index in [0.29, 0.717) is 0 Å². The summed E-state index contributed by atoms with van der Waals surface area (Å²) in [5.74, 6) is 0. The maximum atomic E-state index is 6.04. The number of benzene rings is 2. The second-order valence-corrected chi connectivity index (χ2v) is 5.39. The molecule has 0 radical (unpaired) electrons. The average molecular weight is 298 g/mol. The number of hydrogen-bond donors (Lipinski definition) is 0. The van der Waals surface area contributed by atoms with Gasteiger partial charge in [0.15, 0.2) is 0 Å². The predicted molar refractivity (Wildman–Crippen MR) is 84.4 cm³/mol. The second kappa shape index (κ2) is 5.70. The van der Waals surface area contributed by atoms with Crippen LogP contribution in [0.2, 0.25) is 5.02 Å². The molecule has 0 fully saturated rings. The van der Waals surface area contributed by atoms with Gasteiger partial charge in [0.2, 0.25) is 0 Å². The standard InChI is InChI=1S/C17H16ClN3/c1-2-17(21-12-19-20-13-21,14-6-4-3-5-7-14)15-8-10-16(18)11-9-15/h3-13H,2H2,1H3. The lowest BCUT2D eigenvalue weighted by Gasteiger charge is -2.35. The Kier molecular flexibility index (Phi) is 3.76. The van der Waals surface area contributed by atoms with Gasteiger partial charge in [0.05, 0.1) is 5.54 Å². The van der Waals surface area contributed by atoms with Crippen molar-refractivity contribution in [1.82, 2.24) is 14.8 Å². The highest BCUT2D eigenvalue weighted by Crippen LogP contribution is 2.37. The Hall–Kier alpha value is -2.13. The Morgan fingerprint density at radius 3 is 2.05 bits per heavy atom. The third-order valence-electron chi connectivity index (χ3n) is 3.94. The van der Waals surface area contributed by atoms with Crippen LogP contribution in [0.5, 0.6) is 0 Å². The first kappa shape index (κ1) is 13.8. The summed E-state index contributed by atoms with van der Waals surface area (Å²) in [6.45, 7) is 2.17. The van der Waals surface area contributed by atoms with Crippen molar-refractivity contribution < 1.29 is 0 Å². The molecule has 4 heteroatoms. The molecule has 0 aliphatic rings. The van der Waals surface area contributed by atoms with Crippen LogP contribution in [0.1, 0.15) is 24.5 Å². The molecule has 1 aromatic heterocycles. The van der Waals surface area contributed by atoms with Crippen molar-refractivity contribution in [1.29, 1.82) is 0 Å². The van der Waals surface area contributed by atoms with Crippen molar-refractivity contribution in [3.8, 4) is 0 Å². The fourth-order valence-corrected chi connectivity index (χ4v) is 3.02. The molecule has 3 rings (SSSR count).